The number of halogens is 1. The van der Waals surface area contributed by atoms with E-state index < -0.39 is 0 Å². The fourth-order valence-electron chi connectivity index (χ4n) is 3.11. The zero-order chi connectivity index (χ0) is 18.7. The molecular formula is C19H22ClN3O3. The van der Waals surface area contributed by atoms with Crippen LogP contribution in [0.2, 0.25) is 5.02 Å². The number of amides is 1. The summed E-state index contributed by atoms with van der Waals surface area (Å²) in [5, 5.41) is 0.627. The van der Waals surface area contributed by atoms with Crippen molar-refractivity contribution in [2.45, 2.75) is 0 Å². The third-order valence-corrected chi connectivity index (χ3v) is 4.80. The number of nitrogens with zero attached hydrogens (tertiary/aromatic N) is 2. The molecule has 1 fully saturated rings. The predicted molar refractivity (Wildman–Crippen MR) is 104 cm³/mol. The Morgan fingerprint density at radius 2 is 1.65 bits per heavy atom. The van der Waals surface area contributed by atoms with Gasteiger partial charge in [-0.15, -0.1) is 0 Å². The average Bonchev–Trinajstić information content (AvgIpc) is 2.67. The van der Waals surface area contributed by atoms with Crippen LogP contribution < -0.4 is 20.1 Å². The van der Waals surface area contributed by atoms with Gasteiger partial charge in [0.2, 0.25) is 0 Å². The largest absolute Gasteiger partial charge is 0.497 e. The number of carbonyl (C=O) groups is 1. The number of piperazine rings is 1. The van der Waals surface area contributed by atoms with Gasteiger partial charge in [0.25, 0.3) is 5.91 Å². The second-order valence-corrected chi connectivity index (χ2v) is 6.47. The number of nitrogens with two attached hydrogens (primary N) is 1. The van der Waals surface area contributed by atoms with Crippen LogP contribution in [0.25, 0.3) is 0 Å². The van der Waals surface area contributed by atoms with Gasteiger partial charge in [0, 0.05) is 37.8 Å². The van der Waals surface area contributed by atoms with E-state index in [1.165, 1.54) is 0 Å². The molecule has 1 aliphatic heterocycles. The zero-order valence-electron chi connectivity index (χ0n) is 14.9. The number of nitrogen functional groups attached to an aromatic ring is 1. The first kappa shape index (κ1) is 18.2. The van der Waals surface area contributed by atoms with E-state index in [1.807, 2.05) is 23.1 Å². The number of hydrogen-bond acceptors (Lipinski definition) is 5. The van der Waals surface area contributed by atoms with Gasteiger partial charge in [-0.2, -0.15) is 0 Å². The van der Waals surface area contributed by atoms with Crippen LogP contribution in [-0.4, -0.2) is 51.2 Å². The summed E-state index contributed by atoms with van der Waals surface area (Å²) in [5.41, 5.74) is 8.10. The lowest BCUT2D eigenvalue weighted by atomic mass is 10.1. The van der Waals surface area contributed by atoms with Crippen molar-refractivity contribution >= 4 is 28.9 Å². The van der Waals surface area contributed by atoms with Crippen LogP contribution in [0.5, 0.6) is 11.5 Å². The van der Waals surface area contributed by atoms with E-state index in [4.69, 9.17) is 26.8 Å². The van der Waals surface area contributed by atoms with Crippen molar-refractivity contribution in [1.29, 1.82) is 0 Å². The smallest absolute Gasteiger partial charge is 0.254 e. The molecule has 0 spiro atoms. The van der Waals surface area contributed by atoms with E-state index in [1.54, 1.807) is 32.4 Å². The minimum atomic E-state index is -0.0472. The van der Waals surface area contributed by atoms with Gasteiger partial charge in [0.05, 0.1) is 30.6 Å². The Kier molecular flexibility index (Phi) is 5.42. The normalized spacial score (nSPS) is 14.3. The van der Waals surface area contributed by atoms with Gasteiger partial charge in [-0.1, -0.05) is 17.7 Å². The second kappa shape index (κ2) is 7.74. The summed E-state index contributed by atoms with van der Waals surface area (Å²) < 4.78 is 10.5. The van der Waals surface area contributed by atoms with Crippen LogP contribution in [0, 0.1) is 0 Å². The van der Waals surface area contributed by atoms with E-state index in [2.05, 4.69) is 4.90 Å². The van der Waals surface area contributed by atoms with Crippen LogP contribution >= 0.6 is 11.6 Å². The van der Waals surface area contributed by atoms with Gasteiger partial charge >= 0.3 is 0 Å². The topological polar surface area (TPSA) is 68.0 Å². The first-order valence-corrected chi connectivity index (χ1v) is 8.72. The van der Waals surface area contributed by atoms with E-state index in [-0.39, 0.29) is 5.91 Å². The number of para-hydroxylation sites is 1. The lowest BCUT2D eigenvalue weighted by molar-refractivity contribution is 0.0746. The molecule has 0 aliphatic carbocycles. The number of methoxy groups -OCH3 is 2. The predicted octanol–water partition coefficient (Wildman–Crippen LogP) is 2.90. The maximum atomic E-state index is 12.9. The first-order valence-electron chi connectivity index (χ1n) is 8.34. The summed E-state index contributed by atoms with van der Waals surface area (Å²) in [4.78, 5) is 16.8. The molecule has 0 radical (unpaired) electrons. The SMILES string of the molecule is COc1cc(OC)cc(C(=O)N2CCN(c3c(N)cccc3Cl)CC2)c1. The van der Waals surface area contributed by atoms with Gasteiger partial charge in [-0.05, 0) is 24.3 Å². The highest BCUT2D eigenvalue weighted by Gasteiger charge is 2.25. The molecule has 26 heavy (non-hydrogen) atoms. The van der Waals surface area contributed by atoms with E-state index in [0.29, 0.717) is 54.0 Å². The Morgan fingerprint density at radius 3 is 2.19 bits per heavy atom. The monoisotopic (exact) mass is 375 g/mol. The van der Waals surface area contributed by atoms with Crippen LogP contribution in [0.3, 0.4) is 0 Å². The quantitative estimate of drug-likeness (QED) is 0.832. The fourth-order valence-corrected chi connectivity index (χ4v) is 3.41. The Labute approximate surface area is 158 Å². The molecule has 0 saturated carbocycles. The molecular weight excluding hydrogens is 354 g/mol. The van der Waals surface area contributed by atoms with Crippen LogP contribution in [0.1, 0.15) is 10.4 Å². The Morgan fingerprint density at radius 1 is 1.04 bits per heavy atom. The minimum Gasteiger partial charge on any atom is -0.497 e. The molecule has 1 saturated heterocycles. The third kappa shape index (κ3) is 3.65. The van der Waals surface area contributed by atoms with Gasteiger partial charge < -0.3 is 25.0 Å². The van der Waals surface area contributed by atoms with E-state index in [0.717, 1.165) is 5.69 Å². The van der Waals surface area contributed by atoms with Crippen molar-refractivity contribution in [2.24, 2.45) is 0 Å². The standard InChI is InChI=1S/C19H22ClN3O3/c1-25-14-10-13(11-15(12-14)26-2)19(24)23-8-6-22(7-9-23)18-16(20)4-3-5-17(18)21/h3-5,10-12H,6-9,21H2,1-2H3. The number of rotatable bonds is 4. The molecule has 0 unspecified atom stereocenters. The minimum absolute atomic E-state index is 0.0472. The molecule has 6 nitrogen and oxygen atoms in total. The van der Waals surface area contributed by atoms with E-state index >= 15 is 0 Å². The maximum absolute atomic E-state index is 12.9. The number of carbonyl (C=O) groups excluding carboxylic acids is 1. The molecule has 0 bridgehead atoms. The average molecular weight is 376 g/mol. The van der Waals surface area contributed by atoms with Crippen molar-refractivity contribution < 1.29 is 14.3 Å². The van der Waals surface area contributed by atoms with Crippen molar-refractivity contribution in [3.63, 3.8) is 0 Å². The molecule has 2 aromatic rings. The molecule has 3 rings (SSSR count). The molecule has 1 amide bonds. The van der Waals surface area contributed by atoms with Gasteiger partial charge in [-0.25, -0.2) is 0 Å². The van der Waals surface area contributed by atoms with Crippen LogP contribution in [-0.2, 0) is 0 Å². The molecule has 7 heteroatoms. The van der Waals surface area contributed by atoms with Crippen molar-refractivity contribution in [2.75, 3.05) is 51.0 Å². The number of anilines is 2. The molecule has 1 heterocycles. The lowest BCUT2D eigenvalue weighted by Crippen LogP contribution is -2.49. The maximum Gasteiger partial charge on any atom is 0.254 e. The summed E-state index contributed by atoms with van der Waals surface area (Å²) in [6, 6.07) is 10.7. The number of hydrogen-bond donors (Lipinski definition) is 1. The molecule has 0 atom stereocenters. The summed E-state index contributed by atoms with van der Waals surface area (Å²) >= 11 is 6.29. The van der Waals surface area contributed by atoms with Gasteiger partial charge in [0.15, 0.2) is 0 Å². The number of benzene rings is 2. The van der Waals surface area contributed by atoms with Crippen molar-refractivity contribution in [3.05, 3.63) is 47.0 Å². The fraction of sp³-hybridized carbons (Fsp3) is 0.316. The molecule has 1 aliphatic rings. The summed E-state index contributed by atoms with van der Waals surface area (Å²) in [6.07, 6.45) is 0. The molecule has 0 aromatic heterocycles. The van der Waals surface area contributed by atoms with Crippen molar-refractivity contribution in [3.8, 4) is 11.5 Å². The van der Waals surface area contributed by atoms with Crippen LogP contribution in [0.15, 0.2) is 36.4 Å². The second-order valence-electron chi connectivity index (χ2n) is 6.06. The summed E-state index contributed by atoms with van der Waals surface area (Å²) in [6.45, 7) is 2.51. The highest BCUT2D eigenvalue weighted by Crippen LogP contribution is 2.32. The number of ether oxygens (including phenoxy) is 2. The highest BCUT2D eigenvalue weighted by molar-refractivity contribution is 6.34. The highest BCUT2D eigenvalue weighted by atomic mass is 35.5. The molecule has 2 N–H and O–H groups in total. The van der Waals surface area contributed by atoms with Crippen molar-refractivity contribution in [1.82, 2.24) is 4.90 Å². The molecule has 2 aromatic carbocycles. The Bertz CT molecular complexity index is 762. The van der Waals surface area contributed by atoms with Gasteiger partial charge in [-0.3, -0.25) is 4.79 Å². The van der Waals surface area contributed by atoms with E-state index in [9.17, 15) is 4.79 Å². The van der Waals surface area contributed by atoms with Crippen LogP contribution in [0.4, 0.5) is 11.4 Å². The Hall–Kier alpha value is -2.60. The zero-order valence-corrected chi connectivity index (χ0v) is 15.6. The summed E-state index contributed by atoms with van der Waals surface area (Å²) in [5.74, 6) is 1.14. The first-order chi connectivity index (χ1) is 12.5. The lowest BCUT2D eigenvalue weighted by Gasteiger charge is -2.37. The summed E-state index contributed by atoms with van der Waals surface area (Å²) in [7, 11) is 3.13. The van der Waals surface area contributed by atoms with Gasteiger partial charge in [0.1, 0.15) is 11.5 Å². The Balaban J connectivity index is 1.73. The third-order valence-electron chi connectivity index (χ3n) is 4.50. The molecule has 138 valence electrons.